The lowest BCUT2D eigenvalue weighted by Gasteiger charge is -2.22. The number of nitrogens with zero attached hydrogens (tertiary/aromatic N) is 3. The summed E-state index contributed by atoms with van der Waals surface area (Å²) in [5.41, 5.74) is 7.08. The number of carbonyl (C=O) groups is 1. The number of hydrogen-bond donors (Lipinski definition) is 1. The topological polar surface area (TPSA) is 84.3 Å². The standard InChI is InChI=1S/C36H32Cl2N4O3S/c37-31-10-5-11-32(38)36(31)33-22-41(29-8-4-9-30(21-29)42-23-35(43)40-46(42,44)45)34(39-33)20-24-12-14-26(15-13-24)28-18-16-27(17-19-28)25-6-2-1-3-7-25/h4-5,8-19,21-22,25H,1-3,6-7,20,23H2,(H,40,43). The van der Waals surface area contributed by atoms with Gasteiger partial charge in [-0.2, -0.15) is 8.42 Å². The highest BCUT2D eigenvalue weighted by Crippen LogP contribution is 2.36. The van der Waals surface area contributed by atoms with Gasteiger partial charge in [0.05, 0.1) is 21.4 Å². The van der Waals surface area contributed by atoms with Crippen molar-refractivity contribution in [3.63, 3.8) is 0 Å². The first-order valence-corrected chi connectivity index (χ1v) is 17.6. The number of aromatic nitrogens is 2. The third kappa shape index (κ3) is 6.17. The largest absolute Gasteiger partial charge is 0.326 e. The summed E-state index contributed by atoms with van der Waals surface area (Å²) in [5, 5.41) is 0.952. The predicted molar refractivity (Wildman–Crippen MR) is 184 cm³/mol. The summed E-state index contributed by atoms with van der Waals surface area (Å²) in [4.78, 5) is 16.9. The first kappa shape index (κ1) is 30.5. The summed E-state index contributed by atoms with van der Waals surface area (Å²) in [6.07, 6.45) is 8.92. The molecule has 7 nitrogen and oxygen atoms in total. The summed E-state index contributed by atoms with van der Waals surface area (Å²) in [5.74, 6) is 0.818. The van der Waals surface area contributed by atoms with E-state index in [9.17, 15) is 13.2 Å². The van der Waals surface area contributed by atoms with Gasteiger partial charge in [-0.3, -0.25) is 4.79 Å². The molecule has 2 aliphatic rings. The average Bonchev–Trinajstić information content (AvgIpc) is 3.60. The van der Waals surface area contributed by atoms with E-state index in [0.717, 1.165) is 15.4 Å². The Balaban J connectivity index is 1.21. The Bertz CT molecular complexity index is 2000. The monoisotopic (exact) mass is 670 g/mol. The van der Waals surface area contributed by atoms with E-state index in [1.165, 1.54) is 43.2 Å². The summed E-state index contributed by atoms with van der Waals surface area (Å²) in [6.45, 7) is -0.279. The van der Waals surface area contributed by atoms with Gasteiger partial charge in [0.15, 0.2) is 0 Å². The van der Waals surface area contributed by atoms with Crippen LogP contribution >= 0.6 is 23.2 Å². The van der Waals surface area contributed by atoms with Crippen LogP contribution in [-0.2, 0) is 21.4 Å². The van der Waals surface area contributed by atoms with Crippen molar-refractivity contribution in [3.8, 4) is 28.1 Å². The van der Waals surface area contributed by atoms with Gasteiger partial charge in [0.1, 0.15) is 12.4 Å². The summed E-state index contributed by atoms with van der Waals surface area (Å²) < 4.78 is 30.1. The Morgan fingerprint density at radius 1 is 0.804 bits per heavy atom. The van der Waals surface area contributed by atoms with Crippen LogP contribution in [0.5, 0.6) is 0 Å². The van der Waals surface area contributed by atoms with Gasteiger partial charge in [0.2, 0.25) is 0 Å². The van der Waals surface area contributed by atoms with Gasteiger partial charge in [0.25, 0.3) is 5.91 Å². The molecule has 2 fully saturated rings. The van der Waals surface area contributed by atoms with Crippen LogP contribution in [0, 0.1) is 0 Å². The van der Waals surface area contributed by atoms with E-state index in [1.54, 1.807) is 36.4 Å². The highest BCUT2D eigenvalue weighted by Gasteiger charge is 2.34. The van der Waals surface area contributed by atoms with Crippen molar-refractivity contribution >= 4 is 45.0 Å². The molecule has 234 valence electrons. The molecule has 1 saturated heterocycles. The fourth-order valence-electron chi connectivity index (χ4n) is 6.49. The fraction of sp³-hybridized carbons (Fsp3) is 0.222. The maximum absolute atomic E-state index is 12.6. The summed E-state index contributed by atoms with van der Waals surface area (Å²) >= 11 is 13.1. The molecule has 0 unspecified atom stereocenters. The van der Waals surface area contributed by atoms with Crippen LogP contribution < -0.4 is 9.03 Å². The molecule has 1 amide bonds. The maximum atomic E-state index is 12.6. The molecule has 1 saturated carbocycles. The molecule has 1 N–H and O–H groups in total. The van der Waals surface area contributed by atoms with Gasteiger partial charge in [0, 0.05) is 23.9 Å². The van der Waals surface area contributed by atoms with Crippen molar-refractivity contribution in [1.82, 2.24) is 14.3 Å². The molecule has 10 heteroatoms. The van der Waals surface area contributed by atoms with Gasteiger partial charge in [-0.15, -0.1) is 0 Å². The minimum absolute atomic E-state index is 0.279. The number of benzene rings is 4. The van der Waals surface area contributed by atoms with Crippen LogP contribution in [0.15, 0.2) is 97.2 Å². The van der Waals surface area contributed by atoms with Crippen molar-refractivity contribution in [2.24, 2.45) is 0 Å². The van der Waals surface area contributed by atoms with E-state index < -0.39 is 16.1 Å². The second-order valence-corrected chi connectivity index (χ2v) is 14.3. The Kier molecular flexibility index (Phi) is 8.36. The first-order chi connectivity index (χ1) is 22.2. The molecule has 1 aliphatic heterocycles. The number of amides is 1. The first-order valence-electron chi connectivity index (χ1n) is 15.4. The third-order valence-corrected chi connectivity index (χ3v) is 10.9. The maximum Gasteiger partial charge on any atom is 0.326 e. The smallest absolute Gasteiger partial charge is 0.303 e. The molecule has 7 rings (SSSR count). The molecule has 46 heavy (non-hydrogen) atoms. The van der Waals surface area contributed by atoms with E-state index >= 15 is 0 Å². The Morgan fingerprint density at radius 3 is 2.09 bits per heavy atom. The molecule has 2 heterocycles. The minimum atomic E-state index is -3.96. The van der Waals surface area contributed by atoms with Gasteiger partial charge in [-0.1, -0.05) is 103 Å². The Labute approximate surface area is 279 Å². The van der Waals surface area contributed by atoms with Gasteiger partial charge in [-0.05, 0) is 71.3 Å². The molecule has 0 atom stereocenters. The highest BCUT2D eigenvalue weighted by atomic mass is 35.5. The molecule has 0 bridgehead atoms. The molecular weight excluding hydrogens is 639 g/mol. The number of rotatable bonds is 7. The van der Waals surface area contributed by atoms with E-state index in [1.807, 2.05) is 21.6 Å². The van der Waals surface area contributed by atoms with E-state index in [0.29, 0.717) is 50.8 Å². The van der Waals surface area contributed by atoms with E-state index in [2.05, 4.69) is 48.5 Å². The van der Waals surface area contributed by atoms with Crippen LogP contribution in [0.4, 0.5) is 5.69 Å². The number of carbonyl (C=O) groups excluding carboxylic acids is 1. The van der Waals surface area contributed by atoms with Crippen molar-refractivity contribution in [2.75, 3.05) is 10.8 Å². The molecule has 1 aromatic heterocycles. The van der Waals surface area contributed by atoms with E-state index in [-0.39, 0.29) is 6.54 Å². The molecule has 4 aromatic carbocycles. The summed E-state index contributed by atoms with van der Waals surface area (Å²) in [7, 11) is -3.96. The zero-order chi connectivity index (χ0) is 31.8. The zero-order valence-electron chi connectivity index (χ0n) is 25.0. The van der Waals surface area contributed by atoms with Gasteiger partial charge in [-0.25, -0.2) is 14.0 Å². The van der Waals surface area contributed by atoms with Crippen LogP contribution in [-0.4, -0.2) is 30.4 Å². The normalized spacial score (nSPS) is 16.5. The second kappa shape index (κ2) is 12.6. The second-order valence-electron chi connectivity index (χ2n) is 11.9. The SMILES string of the molecule is O=C1CN(c2cccc(-n3cc(-c4c(Cl)cccc4Cl)nc3Cc3ccc(-c4ccc(C5CCCCC5)cc4)cc3)c2)S(=O)(=O)N1. The van der Waals surface area contributed by atoms with Gasteiger partial charge >= 0.3 is 10.2 Å². The van der Waals surface area contributed by atoms with Crippen LogP contribution in [0.1, 0.15) is 55.0 Å². The van der Waals surface area contributed by atoms with Crippen LogP contribution in [0.3, 0.4) is 0 Å². The Hall–Kier alpha value is -4.11. The number of hydrogen-bond acceptors (Lipinski definition) is 4. The fourth-order valence-corrected chi connectivity index (χ4v) is 8.22. The van der Waals surface area contributed by atoms with Crippen molar-refractivity contribution in [2.45, 2.75) is 44.4 Å². The minimum Gasteiger partial charge on any atom is -0.303 e. The lowest BCUT2D eigenvalue weighted by molar-refractivity contribution is -0.117. The third-order valence-electron chi connectivity index (χ3n) is 8.85. The van der Waals surface area contributed by atoms with Crippen molar-refractivity contribution < 1.29 is 13.2 Å². The van der Waals surface area contributed by atoms with Gasteiger partial charge < -0.3 is 4.57 Å². The molecular formula is C36H32Cl2N4O3S. The number of nitrogens with one attached hydrogen (secondary N) is 1. The van der Waals surface area contributed by atoms with Crippen LogP contribution in [0.2, 0.25) is 10.0 Å². The predicted octanol–water partition coefficient (Wildman–Crippen LogP) is 8.33. The molecule has 1 aliphatic carbocycles. The average molecular weight is 672 g/mol. The molecule has 0 radical (unpaired) electrons. The summed E-state index contributed by atoms with van der Waals surface area (Å²) in [6, 6.07) is 29.8. The molecule has 5 aromatic rings. The highest BCUT2D eigenvalue weighted by molar-refractivity contribution is 7.92. The van der Waals surface area contributed by atoms with Crippen molar-refractivity contribution in [3.05, 3.63) is 124 Å². The molecule has 0 spiro atoms. The number of imidazole rings is 1. The zero-order valence-corrected chi connectivity index (χ0v) is 27.3. The van der Waals surface area contributed by atoms with Crippen LogP contribution in [0.25, 0.3) is 28.1 Å². The lowest BCUT2D eigenvalue weighted by atomic mass is 9.83. The Morgan fingerprint density at radius 2 is 1.43 bits per heavy atom. The lowest BCUT2D eigenvalue weighted by Crippen LogP contribution is -2.29. The number of anilines is 1. The quantitative estimate of drug-likeness (QED) is 0.189. The van der Waals surface area contributed by atoms with E-state index in [4.69, 9.17) is 28.2 Å². The number of halogens is 2. The van der Waals surface area contributed by atoms with Crippen molar-refractivity contribution in [1.29, 1.82) is 0 Å².